The zero-order valence-corrected chi connectivity index (χ0v) is 11.9. The first kappa shape index (κ1) is 13.6. The molecule has 1 unspecified atom stereocenters. The van der Waals surface area contributed by atoms with Crippen molar-refractivity contribution in [3.63, 3.8) is 0 Å². The van der Waals surface area contributed by atoms with Crippen LogP contribution in [-0.2, 0) is 11.2 Å². The summed E-state index contributed by atoms with van der Waals surface area (Å²) < 4.78 is 7.29. The Bertz CT molecular complexity index is 587. The quantitative estimate of drug-likeness (QED) is 0.791. The van der Waals surface area contributed by atoms with Gasteiger partial charge in [0.1, 0.15) is 0 Å². The van der Waals surface area contributed by atoms with Crippen LogP contribution in [0.25, 0.3) is 5.52 Å². The number of likely N-dealkylation sites (N-methyl/N-ethyl adjacent to an activating group) is 1. The number of aromatic nitrogens is 1. The lowest BCUT2D eigenvalue weighted by molar-refractivity contribution is -0.131. The van der Waals surface area contributed by atoms with Crippen molar-refractivity contribution in [2.24, 2.45) is 0 Å². The number of rotatable bonds is 4. The maximum absolute atomic E-state index is 11.2. The van der Waals surface area contributed by atoms with Crippen molar-refractivity contribution in [3.05, 3.63) is 36.2 Å². The Balaban J connectivity index is 2.41. The molecule has 0 saturated heterocycles. The van der Waals surface area contributed by atoms with Gasteiger partial charge in [-0.05, 0) is 51.2 Å². The summed E-state index contributed by atoms with van der Waals surface area (Å²) >= 11 is 0. The molecular formula is C15H20N2O2. The summed E-state index contributed by atoms with van der Waals surface area (Å²) in [5.41, 5.74) is 2.17. The molecule has 0 N–H and O–H groups in total. The van der Waals surface area contributed by atoms with E-state index in [-0.39, 0.29) is 5.97 Å². The van der Waals surface area contributed by atoms with E-state index >= 15 is 0 Å². The Labute approximate surface area is 113 Å². The van der Waals surface area contributed by atoms with Gasteiger partial charge in [0.15, 0.2) is 5.75 Å². The standard InChI is InChI=1S/C15H20N2O2/c1-11(16(3)4)10-13-7-9-17-8-5-6-14(15(13)17)19-12(2)18/h5-9,11H,10H2,1-4H3. The van der Waals surface area contributed by atoms with Crippen LogP contribution >= 0.6 is 0 Å². The molecule has 0 aliphatic carbocycles. The van der Waals surface area contributed by atoms with E-state index in [4.69, 9.17) is 4.74 Å². The predicted molar refractivity (Wildman–Crippen MR) is 75.6 cm³/mol. The molecule has 4 heteroatoms. The van der Waals surface area contributed by atoms with Crippen LogP contribution in [0.4, 0.5) is 0 Å². The first-order valence-electron chi connectivity index (χ1n) is 6.42. The summed E-state index contributed by atoms with van der Waals surface area (Å²) in [5.74, 6) is 0.335. The lowest BCUT2D eigenvalue weighted by Gasteiger charge is -2.19. The van der Waals surface area contributed by atoms with Gasteiger partial charge < -0.3 is 14.0 Å². The number of carbonyl (C=O) groups excluding carboxylic acids is 1. The van der Waals surface area contributed by atoms with E-state index in [0.717, 1.165) is 11.9 Å². The van der Waals surface area contributed by atoms with Gasteiger partial charge in [-0.15, -0.1) is 0 Å². The van der Waals surface area contributed by atoms with Gasteiger partial charge in [-0.25, -0.2) is 0 Å². The summed E-state index contributed by atoms with van der Waals surface area (Å²) in [6.45, 7) is 3.60. The highest BCUT2D eigenvalue weighted by Crippen LogP contribution is 2.26. The Morgan fingerprint density at radius 1 is 1.37 bits per heavy atom. The summed E-state index contributed by atoms with van der Waals surface area (Å²) in [7, 11) is 4.13. The van der Waals surface area contributed by atoms with Crippen LogP contribution in [0.1, 0.15) is 19.4 Å². The molecular weight excluding hydrogens is 240 g/mol. The lowest BCUT2D eigenvalue weighted by Crippen LogP contribution is -2.26. The van der Waals surface area contributed by atoms with Gasteiger partial charge in [0.05, 0.1) is 5.52 Å². The molecule has 0 fully saturated rings. The van der Waals surface area contributed by atoms with E-state index < -0.39 is 0 Å². The number of fused-ring (bicyclic) bond motifs is 1. The average molecular weight is 260 g/mol. The maximum Gasteiger partial charge on any atom is 0.308 e. The van der Waals surface area contributed by atoms with E-state index in [0.29, 0.717) is 11.8 Å². The zero-order chi connectivity index (χ0) is 14.0. The highest BCUT2D eigenvalue weighted by molar-refractivity contribution is 5.75. The molecule has 2 aromatic rings. The molecule has 0 amide bonds. The molecule has 0 aromatic carbocycles. The summed E-state index contributed by atoms with van der Waals surface area (Å²) in [4.78, 5) is 13.4. The predicted octanol–water partition coefficient (Wildman–Crippen LogP) is 2.36. The molecule has 2 rings (SSSR count). The van der Waals surface area contributed by atoms with Gasteiger partial charge in [-0.2, -0.15) is 0 Å². The van der Waals surface area contributed by atoms with Crippen LogP contribution in [0.2, 0.25) is 0 Å². The zero-order valence-electron chi connectivity index (χ0n) is 11.9. The van der Waals surface area contributed by atoms with Crippen molar-refractivity contribution in [3.8, 4) is 5.75 Å². The van der Waals surface area contributed by atoms with E-state index in [2.05, 4.69) is 32.0 Å². The van der Waals surface area contributed by atoms with Crippen LogP contribution in [0.5, 0.6) is 5.75 Å². The second-order valence-corrected chi connectivity index (χ2v) is 5.08. The van der Waals surface area contributed by atoms with Crippen molar-refractivity contribution in [2.45, 2.75) is 26.3 Å². The van der Waals surface area contributed by atoms with Crippen LogP contribution in [-0.4, -0.2) is 35.4 Å². The Hall–Kier alpha value is -1.81. The fraction of sp³-hybridized carbons (Fsp3) is 0.400. The van der Waals surface area contributed by atoms with E-state index in [1.807, 2.05) is 28.9 Å². The molecule has 0 bridgehead atoms. The number of hydrogen-bond donors (Lipinski definition) is 0. The molecule has 4 nitrogen and oxygen atoms in total. The molecule has 1 atom stereocenters. The van der Waals surface area contributed by atoms with Crippen molar-refractivity contribution in [1.29, 1.82) is 0 Å². The number of esters is 1. The fourth-order valence-electron chi connectivity index (χ4n) is 2.10. The monoisotopic (exact) mass is 260 g/mol. The average Bonchev–Trinajstić information content (AvgIpc) is 2.72. The molecule has 2 heterocycles. The van der Waals surface area contributed by atoms with Gasteiger partial charge >= 0.3 is 5.97 Å². The molecule has 2 aromatic heterocycles. The van der Waals surface area contributed by atoms with Crippen LogP contribution in [0.15, 0.2) is 30.6 Å². The second kappa shape index (κ2) is 5.45. The maximum atomic E-state index is 11.2. The number of carbonyl (C=O) groups is 1. The minimum atomic E-state index is -0.291. The van der Waals surface area contributed by atoms with Crippen molar-refractivity contribution in [2.75, 3.05) is 14.1 Å². The first-order chi connectivity index (χ1) is 8.99. The van der Waals surface area contributed by atoms with Gasteiger partial charge in [-0.1, -0.05) is 0 Å². The van der Waals surface area contributed by atoms with Crippen LogP contribution < -0.4 is 4.74 Å². The number of pyridine rings is 1. The Morgan fingerprint density at radius 3 is 2.74 bits per heavy atom. The highest BCUT2D eigenvalue weighted by Gasteiger charge is 2.13. The normalized spacial score (nSPS) is 12.9. The number of ether oxygens (including phenoxy) is 1. The summed E-state index contributed by atoms with van der Waals surface area (Å²) in [6.07, 6.45) is 4.88. The van der Waals surface area contributed by atoms with Crippen molar-refractivity contribution >= 4 is 11.5 Å². The van der Waals surface area contributed by atoms with Crippen molar-refractivity contribution < 1.29 is 9.53 Å². The third kappa shape index (κ3) is 2.96. The van der Waals surface area contributed by atoms with E-state index in [1.54, 1.807) is 0 Å². The largest absolute Gasteiger partial charge is 0.424 e. The van der Waals surface area contributed by atoms with E-state index in [1.165, 1.54) is 12.5 Å². The molecule has 0 saturated carbocycles. The SMILES string of the molecule is CC(=O)Oc1cccn2ccc(CC(C)N(C)C)c12. The minimum absolute atomic E-state index is 0.291. The van der Waals surface area contributed by atoms with Gasteiger partial charge in [-0.3, -0.25) is 4.79 Å². The van der Waals surface area contributed by atoms with Gasteiger partial charge in [0, 0.05) is 25.4 Å². The topological polar surface area (TPSA) is 34.0 Å². The van der Waals surface area contributed by atoms with Crippen LogP contribution in [0.3, 0.4) is 0 Å². The number of hydrogen-bond acceptors (Lipinski definition) is 3. The molecule has 19 heavy (non-hydrogen) atoms. The molecule has 0 radical (unpaired) electrons. The molecule has 102 valence electrons. The van der Waals surface area contributed by atoms with E-state index in [9.17, 15) is 4.79 Å². The molecule has 0 aliphatic rings. The Kier molecular flexibility index (Phi) is 3.90. The van der Waals surface area contributed by atoms with Gasteiger partial charge in [0.2, 0.25) is 0 Å². The smallest absolute Gasteiger partial charge is 0.308 e. The third-order valence-electron chi connectivity index (χ3n) is 3.38. The number of nitrogens with zero attached hydrogens (tertiary/aromatic N) is 2. The summed E-state index contributed by atoms with van der Waals surface area (Å²) in [5, 5.41) is 0. The lowest BCUT2D eigenvalue weighted by atomic mass is 10.1. The molecule has 0 spiro atoms. The Morgan fingerprint density at radius 2 is 2.11 bits per heavy atom. The van der Waals surface area contributed by atoms with Crippen LogP contribution in [0, 0.1) is 0 Å². The fourth-order valence-corrected chi connectivity index (χ4v) is 2.10. The van der Waals surface area contributed by atoms with Gasteiger partial charge in [0.25, 0.3) is 0 Å². The highest BCUT2D eigenvalue weighted by atomic mass is 16.5. The third-order valence-corrected chi connectivity index (χ3v) is 3.38. The molecule has 0 aliphatic heterocycles. The second-order valence-electron chi connectivity index (χ2n) is 5.08. The summed E-state index contributed by atoms with van der Waals surface area (Å²) in [6, 6.07) is 6.23. The first-order valence-corrected chi connectivity index (χ1v) is 6.42. The van der Waals surface area contributed by atoms with Crippen molar-refractivity contribution in [1.82, 2.24) is 9.30 Å². The minimum Gasteiger partial charge on any atom is -0.424 e.